The van der Waals surface area contributed by atoms with Crippen LogP contribution in [-0.4, -0.2) is 18.4 Å². The summed E-state index contributed by atoms with van der Waals surface area (Å²) in [6.45, 7) is 1.70. The first-order chi connectivity index (χ1) is 11.0. The third-order valence-electron chi connectivity index (χ3n) is 3.20. The van der Waals surface area contributed by atoms with Crippen molar-refractivity contribution < 1.29 is 14.0 Å². The summed E-state index contributed by atoms with van der Waals surface area (Å²) in [5.41, 5.74) is 1.24. The van der Waals surface area contributed by atoms with E-state index < -0.39 is 17.6 Å². The van der Waals surface area contributed by atoms with Gasteiger partial charge in [0.2, 0.25) is 0 Å². The number of terminal acetylenes is 1. The number of nitrogens with one attached hydrogen (secondary N) is 2. The van der Waals surface area contributed by atoms with E-state index in [-0.39, 0.29) is 17.7 Å². The second kappa shape index (κ2) is 7.23. The van der Waals surface area contributed by atoms with Gasteiger partial charge in [0.05, 0.1) is 17.8 Å². The van der Waals surface area contributed by atoms with Gasteiger partial charge >= 0.3 is 0 Å². The number of hydrogen-bond acceptors (Lipinski definition) is 2. The lowest BCUT2D eigenvalue weighted by molar-refractivity contribution is 0.0959. The Kier molecular flexibility index (Phi) is 5.11. The summed E-state index contributed by atoms with van der Waals surface area (Å²) in [5, 5.41) is 5.15. The molecule has 0 heterocycles. The first kappa shape index (κ1) is 16.2. The van der Waals surface area contributed by atoms with E-state index in [2.05, 4.69) is 16.6 Å². The molecule has 23 heavy (non-hydrogen) atoms. The summed E-state index contributed by atoms with van der Waals surface area (Å²) >= 11 is 0. The Labute approximate surface area is 133 Å². The van der Waals surface area contributed by atoms with Crippen LogP contribution in [0.4, 0.5) is 10.1 Å². The van der Waals surface area contributed by atoms with Gasteiger partial charge in [-0.2, -0.15) is 0 Å². The lowest BCUT2D eigenvalue weighted by Crippen LogP contribution is -2.25. The number of hydrogen-bond donors (Lipinski definition) is 2. The minimum absolute atomic E-state index is 0.0876. The molecule has 0 aromatic heterocycles. The standard InChI is InChI=1S/C18H15FN2O2/c1-3-10-20-18(23)14-6-4-5-7-16(14)21-17(22)13-9-8-12(2)15(19)11-13/h1,4-9,11H,10H2,2H3,(H,20,23)(H,21,22). The van der Waals surface area contributed by atoms with Crippen molar-refractivity contribution >= 4 is 17.5 Å². The van der Waals surface area contributed by atoms with Crippen molar-refractivity contribution in [2.75, 3.05) is 11.9 Å². The highest BCUT2D eigenvalue weighted by Gasteiger charge is 2.14. The molecule has 116 valence electrons. The van der Waals surface area contributed by atoms with Crippen molar-refractivity contribution in [1.29, 1.82) is 0 Å². The van der Waals surface area contributed by atoms with Crippen molar-refractivity contribution in [3.63, 3.8) is 0 Å². The highest BCUT2D eigenvalue weighted by molar-refractivity contribution is 6.09. The molecule has 0 bridgehead atoms. The molecule has 2 aromatic rings. The zero-order chi connectivity index (χ0) is 16.8. The van der Waals surface area contributed by atoms with Crippen LogP contribution in [0.25, 0.3) is 0 Å². The molecule has 0 saturated carbocycles. The van der Waals surface area contributed by atoms with E-state index >= 15 is 0 Å². The van der Waals surface area contributed by atoms with Crippen LogP contribution in [-0.2, 0) is 0 Å². The molecule has 2 amide bonds. The van der Waals surface area contributed by atoms with Gasteiger partial charge in [-0.1, -0.05) is 24.1 Å². The van der Waals surface area contributed by atoms with Gasteiger partial charge in [0.25, 0.3) is 11.8 Å². The van der Waals surface area contributed by atoms with Crippen LogP contribution in [0, 0.1) is 25.1 Å². The third-order valence-corrected chi connectivity index (χ3v) is 3.20. The van der Waals surface area contributed by atoms with E-state index in [1.807, 2.05) is 0 Å². The maximum absolute atomic E-state index is 13.6. The van der Waals surface area contributed by atoms with Crippen molar-refractivity contribution in [3.8, 4) is 12.3 Å². The van der Waals surface area contributed by atoms with Gasteiger partial charge in [-0.15, -0.1) is 6.42 Å². The Morgan fingerprint density at radius 3 is 2.61 bits per heavy atom. The molecule has 0 saturated heterocycles. The molecule has 5 heteroatoms. The van der Waals surface area contributed by atoms with Gasteiger partial charge in [0.15, 0.2) is 0 Å². The molecule has 0 aliphatic carbocycles. The topological polar surface area (TPSA) is 58.2 Å². The van der Waals surface area contributed by atoms with E-state index in [1.54, 1.807) is 31.2 Å². The second-order valence-corrected chi connectivity index (χ2v) is 4.85. The molecule has 2 rings (SSSR count). The predicted octanol–water partition coefficient (Wildman–Crippen LogP) is 2.75. The molecule has 2 aromatic carbocycles. The number of carbonyl (C=O) groups excluding carboxylic acids is 2. The average Bonchev–Trinajstić information content (AvgIpc) is 2.55. The van der Waals surface area contributed by atoms with Crippen molar-refractivity contribution in [2.45, 2.75) is 6.92 Å². The number of carbonyl (C=O) groups is 2. The fourth-order valence-corrected chi connectivity index (χ4v) is 1.95. The number of halogens is 1. The van der Waals surface area contributed by atoms with E-state index in [0.29, 0.717) is 11.3 Å². The van der Waals surface area contributed by atoms with E-state index in [4.69, 9.17) is 6.42 Å². The lowest BCUT2D eigenvalue weighted by atomic mass is 10.1. The summed E-state index contributed by atoms with van der Waals surface area (Å²) in [6, 6.07) is 10.7. The molecule has 0 atom stereocenters. The highest BCUT2D eigenvalue weighted by Crippen LogP contribution is 2.17. The maximum atomic E-state index is 13.6. The summed E-state index contributed by atoms with van der Waals surface area (Å²) in [7, 11) is 0. The molecular formula is C18H15FN2O2. The van der Waals surface area contributed by atoms with Crippen LogP contribution < -0.4 is 10.6 Å². The van der Waals surface area contributed by atoms with Crippen LogP contribution in [0.1, 0.15) is 26.3 Å². The Balaban J connectivity index is 2.23. The quantitative estimate of drug-likeness (QED) is 0.853. The van der Waals surface area contributed by atoms with E-state index in [9.17, 15) is 14.0 Å². The lowest BCUT2D eigenvalue weighted by Gasteiger charge is -2.11. The van der Waals surface area contributed by atoms with Gasteiger partial charge in [-0.25, -0.2) is 4.39 Å². The van der Waals surface area contributed by atoms with Gasteiger partial charge in [0, 0.05) is 5.56 Å². The summed E-state index contributed by atoms with van der Waals surface area (Å²) in [6.07, 6.45) is 5.11. The minimum atomic E-state index is -0.499. The van der Waals surface area contributed by atoms with Crippen LogP contribution in [0.2, 0.25) is 0 Å². The van der Waals surface area contributed by atoms with Crippen molar-refractivity contribution in [1.82, 2.24) is 5.32 Å². The average molecular weight is 310 g/mol. The fraction of sp³-hybridized carbons (Fsp3) is 0.111. The first-order valence-electron chi connectivity index (χ1n) is 6.91. The monoisotopic (exact) mass is 310 g/mol. The van der Waals surface area contributed by atoms with Gasteiger partial charge < -0.3 is 10.6 Å². The van der Waals surface area contributed by atoms with Crippen LogP contribution in [0.3, 0.4) is 0 Å². The molecule has 0 aliphatic rings. The molecular weight excluding hydrogens is 295 g/mol. The highest BCUT2D eigenvalue weighted by atomic mass is 19.1. The van der Waals surface area contributed by atoms with Crippen LogP contribution >= 0.6 is 0 Å². The molecule has 4 nitrogen and oxygen atoms in total. The number of aryl methyl sites for hydroxylation is 1. The molecule has 0 radical (unpaired) electrons. The number of para-hydroxylation sites is 1. The van der Waals surface area contributed by atoms with Crippen LogP contribution in [0.15, 0.2) is 42.5 Å². The molecule has 2 N–H and O–H groups in total. The Morgan fingerprint density at radius 2 is 1.91 bits per heavy atom. The summed E-state index contributed by atoms with van der Waals surface area (Å²) < 4.78 is 13.6. The van der Waals surface area contributed by atoms with E-state index in [1.165, 1.54) is 12.1 Å². The van der Waals surface area contributed by atoms with Crippen molar-refractivity contribution in [2.24, 2.45) is 0 Å². The first-order valence-corrected chi connectivity index (χ1v) is 6.91. The normalized spacial score (nSPS) is 9.78. The Bertz CT molecular complexity index is 794. The smallest absolute Gasteiger partial charge is 0.255 e. The Hall–Kier alpha value is -3.13. The van der Waals surface area contributed by atoms with Gasteiger partial charge in [-0.3, -0.25) is 9.59 Å². The minimum Gasteiger partial charge on any atom is -0.341 e. The SMILES string of the molecule is C#CCNC(=O)c1ccccc1NC(=O)c1ccc(C)c(F)c1. The molecule has 0 fully saturated rings. The molecule has 0 spiro atoms. The van der Waals surface area contributed by atoms with Crippen LogP contribution in [0.5, 0.6) is 0 Å². The number of anilines is 1. The van der Waals surface area contributed by atoms with Gasteiger partial charge in [0.1, 0.15) is 5.82 Å². The third kappa shape index (κ3) is 3.95. The van der Waals surface area contributed by atoms with E-state index in [0.717, 1.165) is 6.07 Å². The largest absolute Gasteiger partial charge is 0.341 e. The fourth-order valence-electron chi connectivity index (χ4n) is 1.95. The predicted molar refractivity (Wildman–Crippen MR) is 86.7 cm³/mol. The van der Waals surface area contributed by atoms with Gasteiger partial charge in [-0.05, 0) is 36.8 Å². The second-order valence-electron chi connectivity index (χ2n) is 4.85. The number of amides is 2. The molecule has 0 aliphatic heterocycles. The number of benzene rings is 2. The summed E-state index contributed by atoms with van der Waals surface area (Å²) in [4.78, 5) is 24.2. The zero-order valence-corrected chi connectivity index (χ0v) is 12.5. The van der Waals surface area contributed by atoms with Crippen molar-refractivity contribution in [3.05, 3.63) is 65.0 Å². The maximum Gasteiger partial charge on any atom is 0.255 e. The Morgan fingerprint density at radius 1 is 1.17 bits per heavy atom. The molecule has 0 unspecified atom stereocenters. The summed E-state index contributed by atoms with van der Waals surface area (Å²) in [5.74, 6) is 0.951. The number of rotatable bonds is 4. The zero-order valence-electron chi connectivity index (χ0n) is 12.5.